The number of ether oxygens (including phenoxy) is 3. The molecule has 1 amide bonds. The number of hydrogen-bond donors (Lipinski definition) is 1. The van der Waals surface area contributed by atoms with E-state index in [2.05, 4.69) is 10.4 Å². The molecule has 8 heteroatoms. The molecule has 1 aliphatic rings. The van der Waals surface area contributed by atoms with E-state index in [9.17, 15) is 4.79 Å². The number of aromatic nitrogens is 2. The van der Waals surface area contributed by atoms with Crippen LogP contribution in [0.5, 0.6) is 11.5 Å². The van der Waals surface area contributed by atoms with E-state index in [0.717, 1.165) is 11.3 Å². The number of amides is 1. The number of benzene rings is 2. The molecule has 1 N–H and O–H groups in total. The number of rotatable bonds is 5. The second-order valence-corrected chi connectivity index (χ2v) is 7.01. The second kappa shape index (κ2) is 8.14. The van der Waals surface area contributed by atoms with Crippen molar-refractivity contribution in [2.45, 2.75) is 19.3 Å². The monoisotopic (exact) mass is 413 g/mol. The number of methoxy groups -OCH3 is 2. The zero-order valence-electron chi connectivity index (χ0n) is 16.0. The lowest BCUT2D eigenvalue weighted by atomic mass is 10.1. The van der Waals surface area contributed by atoms with Gasteiger partial charge in [-0.2, -0.15) is 5.10 Å². The number of carbonyl (C=O) groups is 1. The molecule has 7 nitrogen and oxygen atoms in total. The summed E-state index contributed by atoms with van der Waals surface area (Å²) in [4.78, 5) is 12.7. The molecule has 1 atom stereocenters. The minimum atomic E-state index is -0.321. The van der Waals surface area contributed by atoms with E-state index in [1.807, 2.05) is 28.9 Å². The Bertz CT molecular complexity index is 1030. The van der Waals surface area contributed by atoms with E-state index in [1.165, 1.54) is 7.11 Å². The molecule has 0 bridgehead atoms. The van der Waals surface area contributed by atoms with Crippen molar-refractivity contribution >= 4 is 23.2 Å². The van der Waals surface area contributed by atoms with Gasteiger partial charge in [0.05, 0.1) is 38.8 Å². The number of halogens is 1. The maximum atomic E-state index is 12.7. The van der Waals surface area contributed by atoms with Crippen molar-refractivity contribution in [1.29, 1.82) is 0 Å². The Morgan fingerprint density at radius 1 is 1.17 bits per heavy atom. The smallest absolute Gasteiger partial charge is 0.276 e. The number of nitrogens with one attached hydrogen (secondary N) is 1. The average molecular weight is 414 g/mol. The molecule has 0 spiro atoms. The Hall–Kier alpha value is -3.03. The second-order valence-electron chi connectivity index (χ2n) is 6.57. The standard InChI is InChI=1S/C21H20ClN3O4/c1-27-16-7-8-17(19(10-16)28-2)23-21(26)18-9-15-12-29-20(11-25(15)24-18)13-3-5-14(22)6-4-13/h3-10,20H,11-12H2,1-2H3,(H,23,26). The summed E-state index contributed by atoms with van der Waals surface area (Å²) in [7, 11) is 3.11. The van der Waals surface area contributed by atoms with Crippen LogP contribution in [-0.2, 0) is 17.9 Å². The topological polar surface area (TPSA) is 74.6 Å². The van der Waals surface area contributed by atoms with Crippen LogP contribution in [0.3, 0.4) is 0 Å². The molecule has 0 saturated carbocycles. The predicted molar refractivity (Wildman–Crippen MR) is 109 cm³/mol. The summed E-state index contributed by atoms with van der Waals surface area (Å²) in [5, 5.41) is 7.98. The van der Waals surface area contributed by atoms with Gasteiger partial charge in [0.15, 0.2) is 5.69 Å². The number of anilines is 1. The molecule has 0 radical (unpaired) electrons. The molecular formula is C21H20ClN3O4. The Morgan fingerprint density at radius 3 is 2.69 bits per heavy atom. The van der Waals surface area contributed by atoms with Crippen LogP contribution in [-0.4, -0.2) is 29.9 Å². The van der Waals surface area contributed by atoms with Crippen LogP contribution in [0.25, 0.3) is 0 Å². The summed E-state index contributed by atoms with van der Waals surface area (Å²) in [5.74, 6) is 0.828. The Kier molecular flexibility index (Phi) is 5.42. The molecule has 2 aromatic carbocycles. The highest BCUT2D eigenvalue weighted by molar-refractivity contribution is 6.30. The Balaban J connectivity index is 1.50. The molecule has 150 valence electrons. The van der Waals surface area contributed by atoms with E-state index in [1.54, 1.807) is 31.4 Å². The van der Waals surface area contributed by atoms with Gasteiger partial charge in [0.2, 0.25) is 0 Å². The highest BCUT2D eigenvalue weighted by Gasteiger charge is 2.24. The third-order valence-corrected chi connectivity index (χ3v) is 5.02. The predicted octanol–water partition coefficient (Wildman–Crippen LogP) is 4.08. The van der Waals surface area contributed by atoms with Gasteiger partial charge in [0, 0.05) is 11.1 Å². The summed E-state index contributed by atoms with van der Waals surface area (Å²) in [6.07, 6.45) is -0.141. The van der Waals surface area contributed by atoms with Crippen LogP contribution in [0.1, 0.15) is 27.8 Å². The fourth-order valence-electron chi connectivity index (χ4n) is 3.20. The van der Waals surface area contributed by atoms with E-state index in [4.69, 9.17) is 25.8 Å². The first-order valence-electron chi connectivity index (χ1n) is 9.04. The zero-order valence-corrected chi connectivity index (χ0v) is 16.8. The van der Waals surface area contributed by atoms with Gasteiger partial charge in [-0.05, 0) is 35.9 Å². The lowest BCUT2D eigenvalue weighted by Crippen LogP contribution is -2.22. The zero-order chi connectivity index (χ0) is 20.4. The SMILES string of the molecule is COc1ccc(NC(=O)c2cc3n(n2)CC(c2ccc(Cl)cc2)OC3)c(OC)c1. The first-order chi connectivity index (χ1) is 14.1. The molecule has 4 rings (SSSR count). The van der Waals surface area contributed by atoms with Crippen LogP contribution in [0, 0.1) is 0 Å². The normalized spacial score (nSPS) is 15.5. The molecule has 29 heavy (non-hydrogen) atoms. The molecule has 2 heterocycles. The van der Waals surface area contributed by atoms with Crippen molar-refractivity contribution in [3.63, 3.8) is 0 Å². The van der Waals surface area contributed by atoms with Gasteiger partial charge in [-0.1, -0.05) is 23.7 Å². The Labute approximate surface area is 173 Å². The molecule has 3 aromatic rings. The number of fused-ring (bicyclic) bond motifs is 1. The minimum Gasteiger partial charge on any atom is -0.497 e. The van der Waals surface area contributed by atoms with Crippen molar-refractivity contribution in [2.24, 2.45) is 0 Å². The quantitative estimate of drug-likeness (QED) is 0.682. The summed E-state index contributed by atoms with van der Waals surface area (Å²) >= 11 is 5.96. The molecular weight excluding hydrogens is 394 g/mol. The lowest BCUT2D eigenvalue weighted by molar-refractivity contribution is -0.00118. The third kappa shape index (κ3) is 4.06. The van der Waals surface area contributed by atoms with Crippen molar-refractivity contribution < 1.29 is 19.0 Å². The van der Waals surface area contributed by atoms with Gasteiger partial charge in [-0.25, -0.2) is 0 Å². The van der Waals surface area contributed by atoms with Gasteiger partial charge in [-0.3, -0.25) is 9.48 Å². The summed E-state index contributed by atoms with van der Waals surface area (Å²) in [6, 6.07) is 14.5. The molecule has 0 saturated heterocycles. The van der Waals surface area contributed by atoms with Gasteiger partial charge >= 0.3 is 0 Å². The Morgan fingerprint density at radius 2 is 1.97 bits per heavy atom. The summed E-state index contributed by atoms with van der Waals surface area (Å²) in [6.45, 7) is 0.898. The number of nitrogens with zero attached hydrogens (tertiary/aromatic N) is 2. The van der Waals surface area contributed by atoms with Gasteiger partial charge in [0.1, 0.15) is 17.6 Å². The van der Waals surface area contributed by atoms with Crippen LogP contribution in [0.15, 0.2) is 48.5 Å². The van der Waals surface area contributed by atoms with Gasteiger partial charge in [0.25, 0.3) is 5.91 Å². The van der Waals surface area contributed by atoms with Gasteiger partial charge in [-0.15, -0.1) is 0 Å². The van der Waals surface area contributed by atoms with E-state index in [0.29, 0.717) is 41.1 Å². The van der Waals surface area contributed by atoms with Crippen molar-refractivity contribution in [3.8, 4) is 11.5 Å². The van der Waals surface area contributed by atoms with E-state index in [-0.39, 0.29) is 12.0 Å². The highest BCUT2D eigenvalue weighted by Crippen LogP contribution is 2.30. The largest absolute Gasteiger partial charge is 0.497 e. The third-order valence-electron chi connectivity index (χ3n) is 4.77. The minimum absolute atomic E-state index is 0.141. The molecule has 1 aromatic heterocycles. The fraction of sp³-hybridized carbons (Fsp3) is 0.238. The molecule has 0 fully saturated rings. The summed E-state index contributed by atoms with van der Waals surface area (Å²) in [5.41, 5.74) is 2.73. The average Bonchev–Trinajstić information content (AvgIpc) is 3.18. The number of hydrogen-bond acceptors (Lipinski definition) is 5. The number of carbonyl (C=O) groups excluding carboxylic acids is 1. The first-order valence-corrected chi connectivity index (χ1v) is 9.42. The van der Waals surface area contributed by atoms with Crippen LogP contribution < -0.4 is 14.8 Å². The van der Waals surface area contributed by atoms with E-state index >= 15 is 0 Å². The summed E-state index contributed by atoms with van der Waals surface area (Å²) < 4.78 is 18.3. The highest BCUT2D eigenvalue weighted by atomic mass is 35.5. The van der Waals surface area contributed by atoms with Crippen molar-refractivity contribution in [3.05, 3.63) is 70.5 Å². The van der Waals surface area contributed by atoms with Crippen LogP contribution >= 0.6 is 11.6 Å². The van der Waals surface area contributed by atoms with E-state index < -0.39 is 0 Å². The van der Waals surface area contributed by atoms with Crippen molar-refractivity contribution in [1.82, 2.24) is 9.78 Å². The molecule has 1 aliphatic heterocycles. The van der Waals surface area contributed by atoms with Crippen molar-refractivity contribution in [2.75, 3.05) is 19.5 Å². The lowest BCUT2D eigenvalue weighted by Gasteiger charge is -2.24. The van der Waals surface area contributed by atoms with Crippen LogP contribution in [0.4, 0.5) is 5.69 Å². The first kappa shape index (κ1) is 19.3. The maximum Gasteiger partial charge on any atom is 0.276 e. The molecule has 1 unspecified atom stereocenters. The fourth-order valence-corrected chi connectivity index (χ4v) is 3.33. The van der Waals surface area contributed by atoms with Crippen LogP contribution in [0.2, 0.25) is 5.02 Å². The maximum absolute atomic E-state index is 12.7. The van der Waals surface area contributed by atoms with Gasteiger partial charge < -0.3 is 19.5 Å². The molecule has 0 aliphatic carbocycles.